The molecule has 0 spiro atoms. The van der Waals surface area contributed by atoms with E-state index in [9.17, 15) is 10.1 Å². The first kappa shape index (κ1) is 9.64. The van der Waals surface area contributed by atoms with E-state index in [1.165, 1.54) is 12.1 Å². The molecule has 1 aromatic carbocycles. The smallest absolute Gasteiger partial charge is 0.270 e. The van der Waals surface area contributed by atoms with E-state index in [2.05, 4.69) is 4.99 Å². The van der Waals surface area contributed by atoms with Gasteiger partial charge in [0.1, 0.15) is 6.10 Å². The molecule has 0 radical (unpaired) electrons. The molecule has 1 aliphatic heterocycles. The number of rotatable bonds is 2. The lowest BCUT2D eigenvalue weighted by molar-refractivity contribution is -0.384. The molecule has 0 saturated carbocycles. The third kappa shape index (κ3) is 1.96. The van der Waals surface area contributed by atoms with Crippen molar-refractivity contribution >= 4 is 11.6 Å². The summed E-state index contributed by atoms with van der Waals surface area (Å²) in [4.78, 5) is 14.3. The molecule has 1 unspecified atom stereocenters. The van der Waals surface area contributed by atoms with Crippen LogP contribution in [0, 0.1) is 10.1 Å². The van der Waals surface area contributed by atoms with Crippen molar-refractivity contribution in [1.82, 2.24) is 0 Å². The number of non-ortho nitro benzene ring substituents is 1. The number of ether oxygens (including phenoxy) is 1. The Labute approximate surface area is 86.5 Å². The molecule has 1 aromatic rings. The lowest BCUT2D eigenvalue weighted by Crippen LogP contribution is -2.08. The van der Waals surface area contributed by atoms with Crippen molar-refractivity contribution in [3.63, 3.8) is 0 Å². The predicted molar refractivity (Wildman–Crippen MR) is 55.0 cm³/mol. The fraction of sp³-hybridized carbons (Fsp3) is 0.300. The highest BCUT2D eigenvalue weighted by molar-refractivity contribution is 5.95. The molecular formula is C10H10N2O3. The molecule has 0 N–H and O–H groups in total. The van der Waals surface area contributed by atoms with Crippen LogP contribution in [-0.2, 0) is 4.74 Å². The highest BCUT2D eigenvalue weighted by Crippen LogP contribution is 2.17. The van der Waals surface area contributed by atoms with Crippen LogP contribution in [0.2, 0.25) is 0 Å². The molecule has 0 amide bonds. The van der Waals surface area contributed by atoms with E-state index in [0.717, 1.165) is 0 Å². The molecule has 5 nitrogen and oxygen atoms in total. The summed E-state index contributed by atoms with van der Waals surface area (Å²) >= 11 is 0. The van der Waals surface area contributed by atoms with E-state index in [1.54, 1.807) is 12.1 Å². The highest BCUT2D eigenvalue weighted by atomic mass is 16.6. The van der Waals surface area contributed by atoms with Gasteiger partial charge in [-0.05, 0) is 13.0 Å². The van der Waals surface area contributed by atoms with Gasteiger partial charge in [-0.3, -0.25) is 10.1 Å². The molecular weight excluding hydrogens is 196 g/mol. The number of nitrogens with zero attached hydrogens (tertiary/aromatic N) is 2. The molecule has 78 valence electrons. The average molecular weight is 206 g/mol. The normalized spacial score (nSPS) is 19.5. The number of nitro groups is 1. The Bertz CT molecular complexity index is 428. The first-order valence-corrected chi connectivity index (χ1v) is 4.63. The van der Waals surface area contributed by atoms with Gasteiger partial charge >= 0.3 is 0 Å². The Morgan fingerprint density at radius 3 is 3.00 bits per heavy atom. The first-order valence-electron chi connectivity index (χ1n) is 4.63. The van der Waals surface area contributed by atoms with E-state index >= 15 is 0 Å². The van der Waals surface area contributed by atoms with Gasteiger partial charge in [0.25, 0.3) is 5.69 Å². The van der Waals surface area contributed by atoms with E-state index in [-0.39, 0.29) is 11.8 Å². The van der Waals surface area contributed by atoms with Gasteiger partial charge in [0.05, 0.1) is 11.5 Å². The van der Waals surface area contributed by atoms with Crippen LogP contribution in [0.15, 0.2) is 29.3 Å². The summed E-state index contributed by atoms with van der Waals surface area (Å²) in [6, 6.07) is 6.30. The van der Waals surface area contributed by atoms with Gasteiger partial charge in [-0.1, -0.05) is 6.07 Å². The molecule has 1 atom stereocenters. The van der Waals surface area contributed by atoms with Crippen LogP contribution in [-0.4, -0.2) is 23.5 Å². The maximum atomic E-state index is 10.6. The van der Waals surface area contributed by atoms with Crippen LogP contribution in [0.4, 0.5) is 5.69 Å². The monoisotopic (exact) mass is 206 g/mol. The lowest BCUT2D eigenvalue weighted by Gasteiger charge is -2.04. The molecule has 1 aliphatic rings. The van der Waals surface area contributed by atoms with E-state index in [1.807, 2.05) is 6.92 Å². The van der Waals surface area contributed by atoms with E-state index < -0.39 is 4.92 Å². The molecule has 15 heavy (non-hydrogen) atoms. The Morgan fingerprint density at radius 2 is 2.40 bits per heavy atom. The summed E-state index contributed by atoms with van der Waals surface area (Å²) in [5.74, 6) is 0.492. The summed E-state index contributed by atoms with van der Waals surface area (Å²) in [7, 11) is 0. The number of benzene rings is 1. The minimum atomic E-state index is -0.428. The third-order valence-corrected chi connectivity index (χ3v) is 2.11. The largest absolute Gasteiger partial charge is 0.472 e. The minimum absolute atomic E-state index is 0.0540. The van der Waals surface area contributed by atoms with Gasteiger partial charge in [-0.2, -0.15) is 0 Å². The Kier molecular flexibility index (Phi) is 2.37. The van der Waals surface area contributed by atoms with Crippen LogP contribution in [0.3, 0.4) is 0 Å². The van der Waals surface area contributed by atoms with Crippen LogP contribution >= 0.6 is 0 Å². The number of hydrogen-bond acceptors (Lipinski definition) is 4. The van der Waals surface area contributed by atoms with Gasteiger partial charge in [0.15, 0.2) is 0 Å². The zero-order valence-corrected chi connectivity index (χ0v) is 8.21. The van der Waals surface area contributed by atoms with Gasteiger partial charge in [-0.25, -0.2) is 4.99 Å². The summed E-state index contributed by atoms with van der Waals surface area (Å²) in [5.41, 5.74) is 0.715. The van der Waals surface area contributed by atoms with E-state index in [0.29, 0.717) is 18.0 Å². The average Bonchev–Trinajstić information content (AvgIpc) is 2.65. The first-order chi connectivity index (χ1) is 7.16. The standard InChI is InChI=1S/C10H10N2O3/c1-7-6-11-10(15-7)8-3-2-4-9(5-8)12(13)14/h2-5,7H,6H2,1H3. The van der Waals surface area contributed by atoms with Gasteiger partial charge in [0, 0.05) is 17.7 Å². The van der Waals surface area contributed by atoms with Crippen molar-refractivity contribution in [2.75, 3.05) is 6.54 Å². The Morgan fingerprint density at radius 1 is 1.60 bits per heavy atom. The lowest BCUT2D eigenvalue weighted by atomic mass is 10.2. The predicted octanol–water partition coefficient (Wildman–Crippen LogP) is 1.76. The van der Waals surface area contributed by atoms with Crippen molar-refractivity contribution in [2.24, 2.45) is 4.99 Å². The minimum Gasteiger partial charge on any atom is -0.472 e. The second-order valence-electron chi connectivity index (χ2n) is 3.38. The summed E-state index contributed by atoms with van der Waals surface area (Å²) in [6.07, 6.45) is 0.0549. The number of aliphatic imine (C=N–C) groups is 1. The molecule has 0 aliphatic carbocycles. The van der Waals surface area contributed by atoms with Crippen molar-refractivity contribution in [3.8, 4) is 0 Å². The summed E-state index contributed by atoms with van der Waals surface area (Å²) in [5, 5.41) is 10.6. The second kappa shape index (κ2) is 3.68. The van der Waals surface area contributed by atoms with Crippen molar-refractivity contribution in [3.05, 3.63) is 39.9 Å². The number of hydrogen-bond donors (Lipinski definition) is 0. The van der Waals surface area contributed by atoms with Gasteiger partial charge in [0.2, 0.25) is 5.90 Å². The van der Waals surface area contributed by atoms with Crippen LogP contribution < -0.4 is 0 Å². The maximum Gasteiger partial charge on any atom is 0.270 e. The quantitative estimate of drug-likeness (QED) is 0.547. The molecule has 0 fully saturated rings. The molecule has 5 heteroatoms. The molecule has 0 bridgehead atoms. The Hall–Kier alpha value is -1.91. The Balaban J connectivity index is 2.29. The topological polar surface area (TPSA) is 64.7 Å². The molecule has 0 saturated heterocycles. The third-order valence-electron chi connectivity index (χ3n) is 2.11. The van der Waals surface area contributed by atoms with Crippen molar-refractivity contribution in [2.45, 2.75) is 13.0 Å². The maximum absolute atomic E-state index is 10.6. The van der Waals surface area contributed by atoms with Crippen molar-refractivity contribution in [1.29, 1.82) is 0 Å². The van der Waals surface area contributed by atoms with Crippen molar-refractivity contribution < 1.29 is 9.66 Å². The fourth-order valence-electron chi connectivity index (χ4n) is 1.39. The summed E-state index contributed by atoms with van der Waals surface area (Å²) in [6.45, 7) is 2.52. The SMILES string of the molecule is CC1CN=C(c2cccc([N+](=O)[O-])c2)O1. The van der Waals surface area contributed by atoms with Gasteiger partial charge < -0.3 is 4.74 Å². The number of nitro benzene ring substituents is 1. The van der Waals surface area contributed by atoms with E-state index in [4.69, 9.17) is 4.74 Å². The fourth-order valence-corrected chi connectivity index (χ4v) is 1.39. The molecule has 2 rings (SSSR count). The zero-order valence-electron chi connectivity index (χ0n) is 8.21. The molecule has 0 aromatic heterocycles. The van der Waals surface area contributed by atoms with Crippen LogP contribution in [0.1, 0.15) is 12.5 Å². The summed E-state index contributed by atoms with van der Waals surface area (Å²) < 4.78 is 5.41. The van der Waals surface area contributed by atoms with Gasteiger partial charge in [-0.15, -0.1) is 0 Å². The highest BCUT2D eigenvalue weighted by Gasteiger charge is 2.18. The zero-order chi connectivity index (χ0) is 10.8. The molecule has 1 heterocycles. The second-order valence-corrected chi connectivity index (χ2v) is 3.38. The van der Waals surface area contributed by atoms with Crippen LogP contribution in [0.5, 0.6) is 0 Å². The van der Waals surface area contributed by atoms with Crippen LogP contribution in [0.25, 0.3) is 0 Å².